The molecule has 1 fully saturated rings. The van der Waals surface area contributed by atoms with Gasteiger partial charge in [0.1, 0.15) is 0 Å². The number of rotatable bonds is 1. The van der Waals surface area contributed by atoms with Gasteiger partial charge in [-0.25, -0.2) is 0 Å². The molecular formula is C4H7O3. The molecule has 7 heavy (non-hydrogen) atoms. The molecule has 0 aromatic rings. The van der Waals surface area contributed by atoms with Crippen LogP contribution in [0.25, 0.3) is 0 Å². The van der Waals surface area contributed by atoms with Gasteiger partial charge >= 0.3 is 0 Å². The highest BCUT2D eigenvalue weighted by Crippen LogP contribution is 2.11. The first-order chi connectivity index (χ1) is 3.43. The number of hydrogen-bond acceptors (Lipinski definition) is 2. The van der Waals surface area contributed by atoms with Gasteiger partial charge in [0.2, 0.25) is 0 Å². The molecule has 0 bridgehead atoms. The zero-order chi connectivity index (χ0) is 5.11. The lowest BCUT2D eigenvalue weighted by molar-refractivity contribution is -0.380. The third-order valence-electron chi connectivity index (χ3n) is 0.995. The summed E-state index contributed by atoms with van der Waals surface area (Å²) in [6.07, 6.45) is 1.25. The Bertz CT molecular complexity index is 48.9. The van der Waals surface area contributed by atoms with Crippen LogP contribution in [-0.2, 0) is 14.9 Å². The minimum absolute atomic E-state index is 0.458. The SMILES string of the molecule is [O]OC1CCCO1. The van der Waals surface area contributed by atoms with Crippen LogP contribution >= 0.6 is 0 Å². The molecular weight excluding hydrogens is 96.0 g/mol. The van der Waals surface area contributed by atoms with Crippen LogP contribution in [0.1, 0.15) is 12.8 Å². The van der Waals surface area contributed by atoms with E-state index in [-0.39, 0.29) is 0 Å². The fourth-order valence-corrected chi connectivity index (χ4v) is 0.624. The third kappa shape index (κ3) is 1.12. The maximum Gasteiger partial charge on any atom is 0.194 e. The highest BCUT2D eigenvalue weighted by molar-refractivity contribution is 4.51. The summed E-state index contributed by atoms with van der Waals surface area (Å²) in [4.78, 5) is 3.64. The average molecular weight is 103 g/mol. The lowest BCUT2D eigenvalue weighted by atomic mass is 10.4. The molecule has 3 nitrogen and oxygen atoms in total. The monoisotopic (exact) mass is 103 g/mol. The zero-order valence-electron chi connectivity index (χ0n) is 3.92. The first-order valence-electron chi connectivity index (χ1n) is 2.33. The highest BCUT2D eigenvalue weighted by atomic mass is 17.1. The van der Waals surface area contributed by atoms with Crippen LogP contribution in [0.2, 0.25) is 0 Å². The summed E-state index contributed by atoms with van der Waals surface area (Å²) >= 11 is 0. The molecule has 0 aromatic heterocycles. The molecule has 1 atom stereocenters. The molecule has 1 radical (unpaired) electrons. The van der Waals surface area contributed by atoms with Crippen LogP contribution in [0.4, 0.5) is 0 Å². The normalized spacial score (nSPS) is 31.3. The summed E-state index contributed by atoms with van der Waals surface area (Å²) in [5.41, 5.74) is 0. The molecule has 1 rings (SSSR count). The van der Waals surface area contributed by atoms with E-state index in [4.69, 9.17) is 4.74 Å². The van der Waals surface area contributed by atoms with Crippen LogP contribution < -0.4 is 0 Å². The average Bonchev–Trinajstić information content (AvgIpc) is 2.14. The van der Waals surface area contributed by atoms with Gasteiger partial charge in [0.15, 0.2) is 6.29 Å². The first-order valence-corrected chi connectivity index (χ1v) is 2.33. The van der Waals surface area contributed by atoms with Gasteiger partial charge in [0.05, 0.1) is 6.61 Å². The largest absolute Gasteiger partial charge is 0.350 e. The van der Waals surface area contributed by atoms with E-state index in [0.29, 0.717) is 6.61 Å². The van der Waals surface area contributed by atoms with Crippen LogP contribution in [0, 0.1) is 0 Å². The highest BCUT2D eigenvalue weighted by Gasteiger charge is 2.15. The van der Waals surface area contributed by atoms with Gasteiger partial charge in [-0.2, -0.15) is 4.89 Å². The summed E-state index contributed by atoms with van der Waals surface area (Å²) in [6, 6.07) is 0. The molecule has 1 heterocycles. The van der Waals surface area contributed by atoms with E-state index in [1.165, 1.54) is 0 Å². The first kappa shape index (κ1) is 5.03. The fraction of sp³-hybridized carbons (Fsp3) is 1.00. The summed E-state index contributed by atoms with van der Waals surface area (Å²) in [7, 11) is 0. The molecule has 0 aromatic carbocycles. The lowest BCUT2D eigenvalue weighted by Gasteiger charge is -1.97. The smallest absolute Gasteiger partial charge is 0.194 e. The molecule has 3 heteroatoms. The second-order valence-corrected chi connectivity index (χ2v) is 1.54. The Hall–Kier alpha value is -0.120. The Morgan fingerprint density at radius 2 is 2.57 bits per heavy atom. The van der Waals surface area contributed by atoms with E-state index < -0.39 is 6.29 Å². The van der Waals surface area contributed by atoms with E-state index in [1.807, 2.05) is 0 Å². The minimum atomic E-state index is -0.458. The van der Waals surface area contributed by atoms with Gasteiger partial charge in [0.25, 0.3) is 0 Å². The van der Waals surface area contributed by atoms with Crippen molar-refractivity contribution in [3.05, 3.63) is 0 Å². The van der Waals surface area contributed by atoms with Gasteiger partial charge in [-0.15, -0.1) is 0 Å². The minimum Gasteiger partial charge on any atom is -0.350 e. The Kier molecular flexibility index (Phi) is 1.62. The second-order valence-electron chi connectivity index (χ2n) is 1.54. The van der Waals surface area contributed by atoms with Crippen molar-refractivity contribution in [2.75, 3.05) is 6.61 Å². The molecule has 0 amide bonds. The van der Waals surface area contributed by atoms with Gasteiger partial charge in [-0.1, -0.05) is 0 Å². The van der Waals surface area contributed by atoms with E-state index in [9.17, 15) is 5.26 Å². The maximum atomic E-state index is 9.51. The number of ether oxygens (including phenoxy) is 1. The van der Waals surface area contributed by atoms with E-state index in [2.05, 4.69) is 4.89 Å². The van der Waals surface area contributed by atoms with Crippen LogP contribution in [-0.4, -0.2) is 12.9 Å². The maximum absolute atomic E-state index is 9.51. The summed E-state index contributed by atoms with van der Waals surface area (Å²) in [6.45, 7) is 0.674. The van der Waals surface area contributed by atoms with Crippen molar-refractivity contribution in [1.82, 2.24) is 0 Å². The fourth-order valence-electron chi connectivity index (χ4n) is 0.624. The summed E-state index contributed by atoms with van der Waals surface area (Å²) in [5, 5.41) is 9.51. The molecule has 0 aliphatic carbocycles. The van der Waals surface area contributed by atoms with Gasteiger partial charge < -0.3 is 4.74 Å². The summed E-state index contributed by atoms with van der Waals surface area (Å²) < 4.78 is 4.77. The van der Waals surface area contributed by atoms with Gasteiger partial charge in [0, 0.05) is 6.42 Å². The molecule has 41 valence electrons. The van der Waals surface area contributed by atoms with Crippen LogP contribution in [0.3, 0.4) is 0 Å². The van der Waals surface area contributed by atoms with Crippen LogP contribution in [0.15, 0.2) is 0 Å². The van der Waals surface area contributed by atoms with Gasteiger partial charge in [-0.05, 0) is 11.7 Å². The third-order valence-corrected chi connectivity index (χ3v) is 0.995. The van der Waals surface area contributed by atoms with Crippen molar-refractivity contribution >= 4 is 0 Å². The molecule has 1 saturated heterocycles. The second kappa shape index (κ2) is 2.26. The van der Waals surface area contributed by atoms with Crippen LogP contribution in [0.5, 0.6) is 0 Å². The van der Waals surface area contributed by atoms with Crippen molar-refractivity contribution in [3.8, 4) is 0 Å². The number of hydrogen-bond donors (Lipinski definition) is 0. The Morgan fingerprint density at radius 1 is 1.71 bits per heavy atom. The predicted octanol–water partition coefficient (Wildman–Crippen LogP) is 0.485. The zero-order valence-corrected chi connectivity index (χ0v) is 3.92. The quantitative estimate of drug-likeness (QED) is 0.357. The van der Waals surface area contributed by atoms with Crippen molar-refractivity contribution in [3.63, 3.8) is 0 Å². The Balaban J connectivity index is 2.14. The summed E-state index contributed by atoms with van der Waals surface area (Å²) in [5.74, 6) is 0. The molecule has 1 unspecified atom stereocenters. The molecule has 0 saturated carbocycles. The van der Waals surface area contributed by atoms with Crippen molar-refractivity contribution in [1.29, 1.82) is 0 Å². The standard InChI is InChI=1S/C4H7O3/c5-7-4-2-1-3-6-4/h4H,1-3H2. The topological polar surface area (TPSA) is 38.4 Å². The van der Waals surface area contributed by atoms with E-state index in [0.717, 1.165) is 12.8 Å². The Morgan fingerprint density at radius 3 is 2.86 bits per heavy atom. The van der Waals surface area contributed by atoms with E-state index >= 15 is 0 Å². The predicted molar refractivity (Wildman–Crippen MR) is 20.7 cm³/mol. The van der Waals surface area contributed by atoms with E-state index in [1.54, 1.807) is 0 Å². The van der Waals surface area contributed by atoms with Crippen molar-refractivity contribution in [2.24, 2.45) is 0 Å². The lowest BCUT2D eigenvalue weighted by Crippen LogP contribution is -2.05. The molecule has 1 aliphatic rings. The molecule has 1 aliphatic heterocycles. The van der Waals surface area contributed by atoms with Gasteiger partial charge in [-0.3, -0.25) is 0 Å². The van der Waals surface area contributed by atoms with Crippen molar-refractivity contribution < 1.29 is 14.9 Å². The Labute approximate surface area is 41.8 Å². The van der Waals surface area contributed by atoms with Crippen molar-refractivity contribution in [2.45, 2.75) is 19.1 Å². The molecule has 0 spiro atoms. The molecule has 0 N–H and O–H groups in total.